The third kappa shape index (κ3) is 4.04. The molecular weight excluding hydrogens is 240 g/mol. The Hall–Kier alpha value is -1.39. The standard InChI is InChI=1S/C14H24N4O/c1-11(12-6-4-3-5-7-12)8-14(19)15-9-13-17-16-10-18(13)2/h10-12H,3-9H2,1-2H3,(H,15,19). The fourth-order valence-electron chi connectivity index (χ4n) is 2.88. The number of carbonyl (C=O) groups is 1. The van der Waals surface area contributed by atoms with Gasteiger partial charge in [-0.2, -0.15) is 0 Å². The van der Waals surface area contributed by atoms with E-state index in [1.54, 1.807) is 6.33 Å². The number of aromatic nitrogens is 3. The van der Waals surface area contributed by atoms with E-state index < -0.39 is 0 Å². The Morgan fingerprint density at radius 3 is 2.84 bits per heavy atom. The van der Waals surface area contributed by atoms with Crippen molar-refractivity contribution in [2.75, 3.05) is 0 Å². The largest absolute Gasteiger partial charge is 0.349 e. The molecule has 0 bridgehead atoms. The van der Waals surface area contributed by atoms with Crippen molar-refractivity contribution in [3.05, 3.63) is 12.2 Å². The predicted molar refractivity (Wildman–Crippen MR) is 73.2 cm³/mol. The van der Waals surface area contributed by atoms with Crippen LogP contribution in [0.1, 0.15) is 51.3 Å². The van der Waals surface area contributed by atoms with Gasteiger partial charge in [0.1, 0.15) is 6.33 Å². The van der Waals surface area contributed by atoms with Gasteiger partial charge in [-0.3, -0.25) is 4.79 Å². The van der Waals surface area contributed by atoms with Crippen molar-refractivity contribution in [3.8, 4) is 0 Å². The minimum atomic E-state index is 0.126. The second-order valence-electron chi connectivity index (χ2n) is 5.71. The van der Waals surface area contributed by atoms with Crippen LogP contribution in [0.4, 0.5) is 0 Å². The minimum absolute atomic E-state index is 0.126. The highest BCUT2D eigenvalue weighted by molar-refractivity contribution is 5.76. The van der Waals surface area contributed by atoms with E-state index >= 15 is 0 Å². The third-order valence-electron chi connectivity index (χ3n) is 4.21. The molecule has 0 spiro atoms. The zero-order valence-corrected chi connectivity index (χ0v) is 11.9. The fourth-order valence-corrected chi connectivity index (χ4v) is 2.88. The van der Waals surface area contributed by atoms with Gasteiger partial charge in [-0.1, -0.05) is 39.0 Å². The lowest BCUT2D eigenvalue weighted by Crippen LogP contribution is -2.28. The van der Waals surface area contributed by atoms with E-state index in [2.05, 4.69) is 22.4 Å². The summed E-state index contributed by atoms with van der Waals surface area (Å²) in [5.41, 5.74) is 0. The summed E-state index contributed by atoms with van der Waals surface area (Å²) in [5.74, 6) is 2.13. The summed E-state index contributed by atoms with van der Waals surface area (Å²) in [6.07, 6.45) is 8.87. The maximum Gasteiger partial charge on any atom is 0.220 e. The van der Waals surface area contributed by atoms with E-state index in [0.29, 0.717) is 18.9 Å². The van der Waals surface area contributed by atoms with Gasteiger partial charge in [0.15, 0.2) is 5.82 Å². The monoisotopic (exact) mass is 264 g/mol. The van der Waals surface area contributed by atoms with Crippen LogP contribution in [0.3, 0.4) is 0 Å². The predicted octanol–water partition coefficient (Wildman–Crippen LogP) is 2.04. The molecule has 1 aliphatic carbocycles. The Labute approximate surface area is 114 Å². The van der Waals surface area contributed by atoms with Crippen LogP contribution in [0.15, 0.2) is 6.33 Å². The number of rotatable bonds is 5. The highest BCUT2D eigenvalue weighted by Gasteiger charge is 2.22. The summed E-state index contributed by atoms with van der Waals surface area (Å²) in [4.78, 5) is 11.9. The summed E-state index contributed by atoms with van der Waals surface area (Å²) in [6.45, 7) is 2.67. The van der Waals surface area contributed by atoms with E-state index in [9.17, 15) is 4.79 Å². The normalized spacial score (nSPS) is 18.2. The van der Waals surface area contributed by atoms with Crippen molar-refractivity contribution in [2.24, 2.45) is 18.9 Å². The zero-order chi connectivity index (χ0) is 13.7. The number of hydrogen-bond acceptors (Lipinski definition) is 3. The van der Waals surface area contributed by atoms with Crippen LogP contribution in [0.5, 0.6) is 0 Å². The molecule has 1 aliphatic rings. The summed E-state index contributed by atoms with van der Waals surface area (Å²) in [7, 11) is 1.88. The molecule has 1 aromatic heterocycles. The fraction of sp³-hybridized carbons (Fsp3) is 0.786. The van der Waals surface area contributed by atoms with E-state index in [1.165, 1.54) is 32.1 Å². The van der Waals surface area contributed by atoms with Crippen LogP contribution in [-0.4, -0.2) is 20.7 Å². The molecule has 1 saturated carbocycles. The number of hydrogen-bond donors (Lipinski definition) is 1. The van der Waals surface area contributed by atoms with Crippen LogP contribution in [-0.2, 0) is 18.4 Å². The van der Waals surface area contributed by atoms with Gasteiger partial charge >= 0.3 is 0 Å². The molecule has 19 heavy (non-hydrogen) atoms. The van der Waals surface area contributed by atoms with Crippen molar-refractivity contribution in [1.29, 1.82) is 0 Å². The number of nitrogens with one attached hydrogen (secondary N) is 1. The molecule has 1 aromatic rings. The minimum Gasteiger partial charge on any atom is -0.349 e. The first-order chi connectivity index (χ1) is 9.16. The highest BCUT2D eigenvalue weighted by atomic mass is 16.1. The van der Waals surface area contributed by atoms with Gasteiger partial charge in [-0.05, 0) is 11.8 Å². The number of amides is 1. The molecule has 5 nitrogen and oxygen atoms in total. The highest BCUT2D eigenvalue weighted by Crippen LogP contribution is 2.31. The summed E-state index contributed by atoms with van der Waals surface area (Å²) < 4.78 is 1.82. The maximum atomic E-state index is 11.9. The van der Waals surface area contributed by atoms with E-state index in [1.807, 2.05) is 11.6 Å². The Kier molecular flexibility index (Phi) is 4.93. The molecule has 0 aliphatic heterocycles. The van der Waals surface area contributed by atoms with Gasteiger partial charge in [0.2, 0.25) is 5.91 Å². The molecule has 1 fully saturated rings. The SMILES string of the molecule is CC(CC(=O)NCc1nncn1C)C1CCCCC1. The average molecular weight is 264 g/mol. The second kappa shape index (κ2) is 6.68. The molecule has 0 saturated heterocycles. The number of nitrogens with zero attached hydrogens (tertiary/aromatic N) is 3. The Balaban J connectivity index is 1.73. The van der Waals surface area contributed by atoms with Crippen molar-refractivity contribution in [3.63, 3.8) is 0 Å². The zero-order valence-electron chi connectivity index (χ0n) is 11.9. The molecule has 0 aromatic carbocycles. The van der Waals surface area contributed by atoms with Gasteiger partial charge in [0, 0.05) is 13.5 Å². The Bertz CT molecular complexity index is 409. The van der Waals surface area contributed by atoms with Gasteiger partial charge in [0.05, 0.1) is 6.54 Å². The molecular formula is C14H24N4O. The quantitative estimate of drug-likeness (QED) is 0.885. The van der Waals surface area contributed by atoms with Gasteiger partial charge < -0.3 is 9.88 Å². The van der Waals surface area contributed by atoms with E-state index in [-0.39, 0.29) is 5.91 Å². The lowest BCUT2D eigenvalue weighted by Gasteiger charge is -2.27. The lowest BCUT2D eigenvalue weighted by atomic mass is 9.79. The second-order valence-corrected chi connectivity index (χ2v) is 5.71. The molecule has 1 heterocycles. The molecule has 1 amide bonds. The maximum absolute atomic E-state index is 11.9. The van der Waals surface area contributed by atoms with Gasteiger partial charge in [-0.15, -0.1) is 10.2 Å². The van der Waals surface area contributed by atoms with Crippen molar-refractivity contribution in [2.45, 2.75) is 52.0 Å². The first-order valence-electron chi connectivity index (χ1n) is 7.26. The van der Waals surface area contributed by atoms with Crippen LogP contribution < -0.4 is 5.32 Å². The van der Waals surface area contributed by atoms with Crippen LogP contribution >= 0.6 is 0 Å². The van der Waals surface area contributed by atoms with Crippen molar-refractivity contribution < 1.29 is 4.79 Å². The molecule has 106 valence electrons. The summed E-state index contributed by atoms with van der Waals surface area (Å²) in [5, 5.41) is 10.7. The van der Waals surface area contributed by atoms with Gasteiger partial charge in [0.25, 0.3) is 0 Å². The first-order valence-corrected chi connectivity index (χ1v) is 7.26. The van der Waals surface area contributed by atoms with Crippen molar-refractivity contribution >= 4 is 5.91 Å². The third-order valence-corrected chi connectivity index (χ3v) is 4.21. The van der Waals surface area contributed by atoms with E-state index in [0.717, 1.165) is 11.7 Å². The molecule has 5 heteroatoms. The Morgan fingerprint density at radius 2 is 2.21 bits per heavy atom. The summed E-state index contributed by atoms with van der Waals surface area (Å²) in [6, 6.07) is 0. The molecule has 1 N–H and O–H groups in total. The number of aryl methyl sites for hydroxylation is 1. The smallest absolute Gasteiger partial charge is 0.220 e. The topological polar surface area (TPSA) is 59.8 Å². The van der Waals surface area contributed by atoms with Crippen molar-refractivity contribution in [1.82, 2.24) is 20.1 Å². The molecule has 1 unspecified atom stereocenters. The van der Waals surface area contributed by atoms with E-state index in [4.69, 9.17) is 0 Å². The van der Waals surface area contributed by atoms with Gasteiger partial charge in [-0.25, -0.2) is 0 Å². The molecule has 2 rings (SSSR count). The van der Waals surface area contributed by atoms with Crippen LogP contribution in [0, 0.1) is 11.8 Å². The van der Waals surface area contributed by atoms with Crippen LogP contribution in [0.25, 0.3) is 0 Å². The Morgan fingerprint density at radius 1 is 1.47 bits per heavy atom. The number of carbonyl (C=O) groups excluding carboxylic acids is 1. The van der Waals surface area contributed by atoms with Crippen LogP contribution in [0.2, 0.25) is 0 Å². The molecule has 0 radical (unpaired) electrons. The molecule has 1 atom stereocenters. The first kappa shape index (κ1) is 14.0. The lowest BCUT2D eigenvalue weighted by molar-refractivity contribution is -0.122. The summed E-state index contributed by atoms with van der Waals surface area (Å²) >= 11 is 0. The average Bonchev–Trinajstić information content (AvgIpc) is 2.83.